The average molecular weight is 397 g/mol. The Morgan fingerprint density at radius 1 is 0.643 bits per heavy atom. The lowest BCUT2D eigenvalue weighted by Gasteiger charge is -2.03. The van der Waals surface area contributed by atoms with Crippen molar-refractivity contribution < 1.29 is 19.1 Å². The van der Waals surface area contributed by atoms with Gasteiger partial charge in [-0.3, -0.25) is 4.79 Å². The van der Waals surface area contributed by atoms with E-state index in [1.807, 2.05) is 0 Å². The summed E-state index contributed by atoms with van der Waals surface area (Å²) < 4.78 is 8.71. The number of hydrogen-bond acceptors (Lipinski definition) is 4. The standard InChI is InChI=1S/C24H44O4/c1-3-4-5-6-7-8-9-10-11-12-13-14-15-16-17-18-19-20-21-22-23(25)28-24(26)27-2/h10-11H,3-9,12-22H2,1-2H3/b11-10-. The van der Waals surface area contributed by atoms with E-state index in [1.165, 1.54) is 97.0 Å². The molecule has 0 aromatic heterocycles. The molecule has 0 aromatic rings. The number of allylic oxidation sites excluding steroid dienone is 2. The Kier molecular flexibility index (Phi) is 20.9. The van der Waals surface area contributed by atoms with Gasteiger partial charge in [0, 0.05) is 6.42 Å². The van der Waals surface area contributed by atoms with Crippen LogP contribution in [0, 0.1) is 0 Å². The fourth-order valence-electron chi connectivity index (χ4n) is 3.23. The lowest BCUT2D eigenvalue weighted by Crippen LogP contribution is -2.11. The molecule has 0 spiro atoms. The molecule has 0 atom stereocenters. The maximum atomic E-state index is 11.3. The topological polar surface area (TPSA) is 52.6 Å². The summed E-state index contributed by atoms with van der Waals surface area (Å²) in [6, 6.07) is 0. The van der Waals surface area contributed by atoms with Crippen LogP contribution in [-0.4, -0.2) is 19.2 Å². The minimum Gasteiger partial charge on any atom is -0.437 e. The van der Waals surface area contributed by atoms with Crippen molar-refractivity contribution in [2.24, 2.45) is 0 Å². The van der Waals surface area contributed by atoms with Crippen molar-refractivity contribution in [3.63, 3.8) is 0 Å². The van der Waals surface area contributed by atoms with Gasteiger partial charge in [0.1, 0.15) is 0 Å². The third-order valence-corrected chi connectivity index (χ3v) is 5.01. The molecule has 0 fully saturated rings. The normalized spacial score (nSPS) is 11.1. The zero-order valence-corrected chi connectivity index (χ0v) is 18.5. The largest absolute Gasteiger partial charge is 0.515 e. The predicted octanol–water partition coefficient (Wildman–Crippen LogP) is 7.89. The first-order chi connectivity index (χ1) is 13.7. The van der Waals surface area contributed by atoms with Gasteiger partial charge in [0.25, 0.3) is 0 Å². The molecule has 0 aromatic carbocycles. The van der Waals surface area contributed by atoms with Crippen LogP contribution < -0.4 is 0 Å². The fourth-order valence-corrected chi connectivity index (χ4v) is 3.23. The summed E-state index contributed by atoms with van der Waals surface area (Å²) in [6.07, 6.45) is 25.6. The molecule has 0 heterocycles. The number of rotatable bonds is 19. The number of carbonyl (C=O) groups excluding carboxylic acids is 2. The highest BCUT2D eigenvalue weighted by molar-refractivity contribution is 5.81. The van der Waals surface area contributed by atoms with E-state index in [-0.39, 0.29) is 0 Å². The van der Waals surface area contributed by atoms with Gasteiger partial charge in [0.15, 0.2) is 0 Å². The van der Waals surface area contributed by atoms with Crippen LogP contribution in [0.15, 0.2) is 12.2 Å². The van der Waals surface area contributed by atoms with Crippen molar-refractivity contribution in [2.75, 3.05) is 7.11 Å². The number of hydrogen-bond donors (Lipinski definition) is 0. The maximum absolute atomic E-state index is 11.3. The molecule has 0 N–H and O–H groups in total. The fraction of sp³-hybridized carbons (Fsp3) is 0.833. The van der Waals surface area contributed by atoms with Gasteiger partial charge in [-0.15, -0.1) is 0 Å². The van der Waals surface area contributed by atoms with E-state index in [0.29, 0.717) is 6.42 Å². The van der Waals surface area contributed by atoms with Gasteiger partial charge in [0.2, 0.25) is 0 Å². The van der Waals surface area contributed by atoms with E-state index in [4.69, 9.17) is 0 Å². The molecule has 0 saturated carbocycles. The minimum absolute atomic E-state index is 0.293. The predicted molar refractivity (Wildman–Crippen MR) is 116 cm³/mol. The third kappa shape index (κ3) is 21.0. The SMILES string of the molecule is CCCCCCCC/C=C\CCCCCCCCCCCC(=O)OC(=O)OC. The van der Waals surface area contributed by atoms with Crippen LogP contribution in [0.1, 0.15) is 122 Å². The second kappa shape index (κ2) is 22.0. The monoisotopic (exact) mass is 396 g/mol. The lowest BCUT2D eigenvalue weighted by atomic mass is 10.1. The number of esters is 1. The minimum atomic E-state index is -0.918. The summed E-state index contributed by atoms with van der Waals surface area (Å²) in [4.78, 5) is 22.0. The second-order valence-corrected chi connectivity index (χ2v) is 7.68. The molecule has 4 nitrogen and oxygen atoms in total. The molecule has 0 aliphatic rings. The maximum Gasteiger partial charge on any atom is 0.515 e. The van der Waals surface area contributed by atoms with E-state index in [2.05, 4.69) is 28.5 Å². The van der Waals surface area contributed by atoms with Gasteiger partial charge < -0.3 is 9.47 Å². The molecule has 0 bridgehead atoms. The van der Waals surface area contributed by atoms with Crippen LogP contribution in [0.4, 0.5) is 4.79 Å². The van der Waals surface area contributed by atoms with Gasteiger partial charge in [-0.2, -0.15) is 0 Å². The molecular formula is C24H44O4. The summed E-state index contributed by atoms with van der Waals surface area (Å²) >= 11 is 0. The molecule has 0 aliphatic heterocycles. The van der Waals surface area contributed by atoms with Crippen molar-refractivity contribution in [2.45, 2.75) is 122 Å². The highest BCUT2D eigenvalue weighted by Crippen LogP contribution is 2.12. The molecular weight excluding hydrogens is 352 g/mol. The first-order valence-electron chi connectivity index (χ1n) is 11.6. The van der Waals surface area contributed by atoms with E-state index < -0.39 is 12.1 Å². The molecule has 0 amide bonds. The Morgan fingerprint density at radius 2 is 1.07 bits per heavy atom. The number of ether oxygens (including phenoxy) is 2. The zero-order chi connectivity index (χ0) is 20.7. The van der Waals surface area contributed by atoms with Crippen LogP contribution in [0.5, 0.6) is 0 Å². The molecule has 0 saturated heterocycles. The van der Waals surface area contributed by atoms with Crippen molar-refractivity contribution >= 4 is 12.1 Å². The first-order valence-corrected chi connectivity index (χ1v) is 11.6. The average Bonchev–Trinajstić information content (AvgIpc) is 2.69. The van der Waals surface area contributed by atoms with Crippen molar-refractivity contribution in [1.29, 1.82) is 0 Å². The van der Waals surface area contributed by atoms with Crippen LogP contribution >= 0.6 is 0 Å². The lowest BCUT2D eigenvalue weighted by molar-refractivity contribution is -0.139. The molecule has 0 unspecified atom stereocenters. The Balaban J connectivity index is 3.18. The summed E-state index contributed by atoms with van der Waals surface area (Å²) in [5.41, 5.74) is 0. The highest BCUT2D eigenvalue weighted by Gasteiger charge is 2.09. The molecule has 0 aliphatic carbocycles. The van der Waals surface area contributed by atoms with Crippen molar-refractivity contribution in [3.8, 4) is 0 Å². The van der Waals surface area contributed by atoms with Crippen LogP contribution in [0.3, 0.4) is 0 Å². The molecule has 164 valence electrons. The van der Waals surface area contributed by atoms with Gasteiger partial charge >= 0.3 is 12.1 Å². The summed E-state index contributed by atoms with van der Waals surface area (Å²) in [5.74, 6) is -0.493. The molecule has 4 heteroatoms. The Labute approximate surface area is 173 Å². The summed E-state index contributed by atoms with van der Waals surface area (Å²) in [6.45, 7) is 2.27. The van der Waals surface area contributed by atoms with Gasteiger partial charge in [-0.05, 0) is 32.1 Å². The molecule has 28 heavy (non-hydrogen) atoms. The zero-order valence-electron chi connectivity index (χ0n) is 18.5. The second-order valence-electron chi connectivity index (χ2n) is 7.68. The van der Waals surface area contributed by atoms with E-state index in [0.717, 1.165) is 19.3 Å². The Bertz CT molecular complexity index is 390. The summed E-state index contributed by atoms with van der Waals surface area (Å²) in [7, 11) is 1.20. The van der Waals surface area contributed by atoms with E-state index in [9.17, 15) is 9.59 Å². The number of carbonyl (C=O) groups is 2. The Hall–Kier alpha value is -1.32. The number of unbranched alkanes of at least 4 members (excludes halogenated alkanes) is 15. The quantitative estimate of drug-likeness (QED) is 0.0963. The van der Waals surface area contributed by atoms with Crippen LogP contribution in [0.25, 0.3) is 0 Å². The third-order valence-electron chi connectivity index (χ3n) is 5.01. The van der Waals surface area contributed by atoms with E-state index >= 15 is 0 Å². The van der Waals surface area contributed by atoms with Gasteiger partial charge in [0.05, 0.1) is 7.11 Å². The number of methoxy groups -OCH3 is 1. The van der Waals surface area contributed by atoms with Crippen molar-refractivity contribution in [1.82, 2.24) is 0 Å². The van der Waals surface area contributed by atoms with Crippen LogP contribution in [-0.2, 0) is 14.3 Å². The van der Waals surface area contributed by atoms with Gasteiger partial charge in [-0.25, -0.2) is 4.79 Å². The molecule has 0 rings (SSSR count). The van der Waals surface area contributed by atoms with Crippen LogP contribution in [0.2, 0.25) is 0 Å². The van der Waals surface area contributed by atoms with Gasteiger partial charge in [-0.1, -0.05) is 96.1 Å². The van der Waals surface area contributed by atoms with Crippen molar-refractivity contribution in [3.05, 3.63) is 12.2 Å². The molecule has 0 radical (unpaired) electrons. The first kappa shape index (κ1) is 26.7. The van der Waals surface area contributed by atoms with E-state index in [1.54, 1.807) is 0 Å². The summed E-state index contributed by atoms with van der Waals surface area (Å²) in [5, 5.41) is 0. The Morgan fingerprint density at radius 3 is 1.54 bits per heavy atom. The highest BCUT2D eigenvalue weighted by atomic mass is 16.7. The smallest absolute Gasteiger partial charge is 0.437 e.